The maximum atomic E-state index is 10.8. The molecule has 0 unspecified atom stereocenters. The van der Waals surface area contributed by atoms with Crippen LogP contribution in [0, 0.1) is 0 Å². The lowest BCUT2D eigenvalue weighted by Gasteiger charge is -2.28. The monoisotopic (exact) mass is 262 g/mol. The molecule has 1 aliphatic carbocycles. The zero-order valence-corrected chi connectivity index (χ0v) is 11.5. The molecule has 3 heteroatoms. The number of hydrogen-bond acceptors (Lipinski definition) is 2. The Kier molecular flexibility index (Phi) is 4.97. The molecule has 1 N–H and O–H groups in total. The highest BCUT2D eigenvalue weighted by molar-refractivity contribution is 5.87. The van der Waals surface area contributed by atoms with Crippen molar-refractivity contribution in [2.45, 2.75) is 51.0 Å². The Labute approximate surface area is 114 Å². The van der Waals surface area contributed by atoms with Crippen molar-refractivity contribution >= 4 is 5.97 Å². The van der Waals surface area contributed by atoms with Gasteiger partial charge in [0.15, 0.2) is 0 Å². The van der Waals surface area contributed by atoms with Crippen LogP contribution in [0.3, 0.4) is 0 Å². The first-order valence-electron chi connectivity index (χ1n) is 7.15. The van der Waals surface area contributed by atoms with Gasteiger partial charge in [0.2, 0.25) is 0 Å². The van der Waals surface area contributed by atoms with E-state index in [1.54, 1.807) is 12.1 Å². The fourth-order valence-corrected chi connectivity index (χ4v) is 2.75. The number of benzene rings is 1. The van der Waals surface area contributed by atoms with Gasteiger partial charge in [-0.25, -0.2) is 4.79 Å². The van der Waals surface area contributed by atoms with E-state index in [-0.39, 0.29) is 0 Å². The van der Waals surface area contributed by atoms with Gasteiger partial charge in [-0.05, 0) is 55.7 Å². The molecule has 1 aliphatic rings. The second kappa shape index (κ2) is 6.71. The predicted octanol–water partition coefficient (Wildman–Crippen LogP) is 3.84. The standard InChI is InChI=1S/C16H22O3/c1-2-11-19-15-9-7-13(8-10-15)12-3-5-14(6-4-12)16(17)18/h3-6,13,15H,2,7-11H2,1H3,(H,17,18). The number of carboxylic acids is 1. The zero-order valence-electron chi connectivity index (χ0n) is 11.5. The summed E-state index contributed by atoms with van der Waals surface area (Å²) in [4.78, 5) is 10.8. The van der Waals surface area contributed by atoms with E-state index in [0.717, 1.165) is 38.7 Å². The summed E-state index contributed by atoms with van der Waals surface area (Å²) in [5, 5.41) is 8.89. The maximum Gasteiger partial charge on any atom is 0.335 e. The van der Waals surface area contributed by atoms with Crippen molar-refractivity contribution in [1.82, 2.24) is 0 Å². The van der Waals surface area contributed by atoms with Crippen molar-refractivity contribution in [3.63, 3.8) is 0 Å². The van der Waals surface area contributed by atoms with Crippen molar-refractivity contribution in [3.8, 4) is 0 Å². The van der Waals surface area contributed by atoms with Gasteiger partial charge in [-0.1, -0.05) is 19.1 Å². The predicted molar refractivity (Wildman–Crippen MR) is 74.6 cm³/mol. The lowest BCUT2D eigenvalue weighted by atomic mass is 9.82. The number of aromatic carboxylic acids is 1. The molecule has 0 bridgehead atoms. The Morgan fingerprint density at radius 2 is 1.84 bits per heavy atom. The SMILES string of the molecule is CCCOC1CCC(c2ccc(C(=O)O)cc2)CC1. The fraction of sp³-hybridized carbons (Fsp3) is 0.562. The van der Waals surface area contributed by atoms with Gasteiger partial charge in [0.05, 0.1) is 11.7 Å². The van der Waals surface area contributed by atoms with Crippen LogP contribution in [0.15, 0.2) is 24.3 Å². The minimum absolute atomic E-state index is 0.365. The summed E-state index contributed by atoms with van der Waals surface area (Å²) in [5.41, 5.74) is 1.63. The quantitative estimate of drug-likeness (QED) is 0.877. The third-order valence-electron chi connectivity index (χ3n) is 3.86. The summed E-state index contributed by atoms with van der Waals surface area (Å²) in [5.74, 6) is -0.299. The molecule has 3 nitrogen and oxygen atoms in total. The molecule has 0 spiro atoms. The second-order valence-corrected chi connectivity index (χ2v) is 5.27. The van der Waals surface area contributed by atoms with Crippen LogP contribution in [0.4, 0.5) is 0 Å². The van der Waals surface area contributed by atoms with Gasteiger partial charge in [0.25, 0.3) is 0 Å². The van der Waals surface area contributed by atoms with Crippen molar-refractivity contribution < 1.29 is 14.6 Å². The van der Waals surface area contributed by atoms with Gasteiger partial charge in [-0.3, -0.25) is 0 Å². The molecular formula is C16H22O3. The van der Waals surface area contributed by atoms with Crippen LogP contribution < -0.4 is 0 Å². The number of carbonyl (C=O) groups is 1. The van der Waals surface area contributed by atoms with E-state index in [1.165, 1.54) is 5.56 Å². The maximum absolute atomic E-state index is 10.8. The van der Waals surface area contributed by atoms with E-state index >= 15 is 0 Å². The molecule has 1 saturated carbocycles. The molecule has 0 aromatic heterocycles. The van der Waals surface area contributed by atoms with Crippen LogP contribution in [0.25, 0.3) is 0 Å². The van der Waals surface area contributed by atoms with Gasteiger partial charge in [0.1, 0.15) is 0 Å². The second-order valence-electron chi connectivity index (χ2n) is 5.27. The molecule has 1 aromatic carbocycles. The van der Waals surface area contributed by atoms with Crippen molar-refractivity contribution in [2.75, 3.05) is 6.61 Å². The third kappa shape index (κ3) is 3.80. The van der Waals surface area contributed by atoms with Gasteiger partial charge in [0, 0.05) is 6.61 Å². The minimum Gasteiger partial charge on any atom is -0.478 e. The molecule has 104 valence electrons. The molecule has 2 rings (SSSR count). The Hall–Kier alpha value is -1.35. The number of carboxylic acid groups (broad SMARTS) is 1. The van der Waals surface area contributed by atoms with Crippen LogP contribution in [0.2, 0.25) is 0 Å². The molecular weight excluding hydrogens is 240 g/mol. The van der Waals surface area contributed by atoms with Crippen LogP contribution in [-0.2, 0) is 4.74 Å². The van der Waals surface area contributed by atoms with Crippen LogP contribution in [0.1, 0.15) is 60.9 Å². The molecule has 0 amide bonds. The summed E-state index contributed by atoms with van der Waals surface area (Å²) in [6, 6.07) is 7.33. The molecule has 1 fully saturated rings. The molecule has 0 saturated heterocycles. The van der Waals surface area contributed by atoms with Crippen molar-refractivity contribution in [2.24, 2.45) is 0 Å². The van der Waals surface area contributed by atoms with Crippen molar-refractivity contribution in [3.05, 3.63) is 35.4 Å². The van der Waals surface area contributed by atoms with Gasteiger partial charge in [-0.2, -0.15) is 0 Å². The first-order valence-corrected chi connectivity index (χ1v) is 7.15. The lowest BCUT2D eigenvalue weighted by molar-refractivity contribution is 0.0251. The molecule has 1 aromatic rings. The Morgan fingerprint density at radius 3 is 2.37 bits per heavy atom. The summed E-state index contributed by atoms with van der Waals surface area (Å²) < 4.78 is 5.79. The Bertz CT molecular complexity index is 403. The molecule has 0 atom stereocenters. The lowest BCUT2D eigenvalue weighted by Crippen LogP contribution is -2.21. The third-order valence-corrected chi connectivity index (χ3v) is 3.86. The highest BCUT2D eigenvalue weighted by atomic mass is 16.5. The van der Waals surface area contributed by atoms with E-state index < -0.39 is 5.97 Å². The Morgan fingerprint density at radius 1 is 1.21 bits per heavy atom. The number of ether oxygens (including phenoxy) is 1. The first kappa shape index (κ1) is 14.1. The Balaban J connectivity index is 1.88. The first-order chi connectivity index (χ1) is 9.20. The number of rotatable bonds is 5. The molecule has 0 aliphatic heterocycles. The normalized spacial score (nSPS) is 23.2. The smallest absolute Gasteiger partial charge is 0.335 e. The van der Waals surface area contributed by atoms with Crippen LogP contribution in [-0.4, -0.2) is 23.8 Å². The molecule has 0 radical (unpaired) electrons. The largest absolute Gasteiger partial charge is 0.478 e. The van der Waals surface area contributed by atoms with E-state index in [4.69, 9.17) is 9.84 Å². The van der Waals surface area contributed by atoms with Crippen LogP contribution >= 0.6 is 0 Å². The van der Waals surface area contributed by atoms with Gasteiger partial charge in [-0.15, -0.1) is 0 Å². The molecule has 19 heavy (non-hydrogen) atoms. The van der Waals surface area contributed by atoms with E-state index in [9.17, 15) is 4.79 Å². The fourth-order valence-electron chi connectivity index (χ4n) is 2.75. The minimum atomic E-state index is -0.858. The average Bonchev–Trinajstić information content (AvgIpc) is 2.46. The topological polar surface area (TPSA) is 46.5 Å². The van der Waals surface area contributed by atoms with Crippen molar-refractivity contribution in [1.29, 1.82) is 0 Å². The van der Waals surface area contributed by atoms with E-state index in [2.05, 4.69) is 6.92 Å². The average molecular weight is 262 g/mol. The van der Waals surface area contributed by atoms with E-state index in [1.807, 2.05) is 12.1 Å². The summed E-state index contributed by atoms with van der Waals surface area (Å²) in [6.07, 6.45) is 6.02. The highest BCUT2D eigenvalue weighted by Gasteiger charge is 2.22. The van der Waals surface area contributed by atoms with E-state index in [0.29, 0.717) is 17.6 Å². The molecule has 0 heterocycles. The highest BCUT2D eigenvalue weighted by Crippen LogP contribution is 2.34. The zero-order chi connectivity index (χ0) is 13.7. The van der Waals surface area contributed by atoms with Gasteiger partial charge < -0.3 is 9.84 Å². The summed E-state index contributed by atoms with van der Waals surface area (Å²) in [7, 11) is 0. The summed E-state index contributed by atoms with van der Waals surface area (Å²) >= 11 is 0. The van der Waals surface area contributed by atoms with Gasteiger partial charge >= 0.3 is 5.97 Å². The number of hydrogen-bond donors (Lipinski definition) is 1. The summed E-state index contributed by atoms with van der Waals surface area (Å²) in [6.45, 7) is 3.00. The van der Waals surface area contributed by atoms with Crippen LogP contribution in [0.5, 0.6) is 0 Å².